The van der Waals surface area contributed by atoms with Crippen LogP contribution in [0.2, 0.25) is 0 Å². The average molecular weight is 406 g/mol. The molecule has 0 bridgehead atoms. The molecule has 1 saturated heterocycles. The molecule has 1 aromatic heterocycles. The van der Waals surface area contributed by atoms with E-state index in [1.165, 1.54) is 0 Å². The Kier molecular flexibility index (Phi) is 6.39. The van der Waals surface area contributed by atoms with Gasteiger partial charge in [0.2, 0.25) is 17.6 Å². The molecule has 4 rings (SSSR count). The summed E-state index contributed by atoms with van der Waals surface area (Å²) in [6.07, 6.45) is 1.81. The number of nitrogens with one attached hydrogen (secondary N) is 1. The minimum atomic E-state index is -0.0926. The van der Waals surface area contributed by atoms with Crippen LogP contribution in [0.5, 0.6) is 5.75 Å². The Bertz CT molecular complexity index is 973. The van der Waals surface area contributed by atoms with Crippen molar-refractivity contribution < 1.29 is 14.1 Å². The molecule has 30 heavy (non-hydrogen) atoms. The number of anilines is 1. The van der Waals surface area contributed by atoms with Crippen LogP contribution in [0.4, 0.5) is 5.69 Å². The number of amides is 1. The quantitative estimate of drug-likeness (QED) is 0.639. The Morgan fingerprint density at radius 3 is 2.83 bits per heavy atom. The third-order valence-electron chi connectivity index (χ3n) is 5.18. The van der Waals surface area contributed by atoms with E-state index in [1.807, 2.05) is 61.5 Å². The summed E-state index contributed by atoms with van der Waals surface area (Å²) in [6.45, 7) is 4.59. The summed E-state index contributed by atoms with van der Waals surface area (Å²) in [5.41, 5.74) is 1.64. The number of nitrogens with zero attached hydrogens (tertiary/aromatic N) is 3. The van der Waals surface area contributed by atoms with Gasteiger partial charge in [-0.05, 0) is 38.4 Å². The highest BCUT2D eigenvalue weighted by Gasteiger charge is 2.27. The number of piperidine rings is 1. The first-order chi connectivity index (χ1) is 14.7. The minimum Gasteiger partial charge on any atom is -0.492 e. The third-order valence-corrected chi connectivity index (χ3v) is 5.18. The molecule has 0 saturated carbocycles. The van der Waals surface area contributed by atoms with Gasteiger partial charge in [0.1, 0.15) is 5.75 Å². The molecule has 1 N–H and O–H groups in total. The van der Waals surface area contributed by atoms with Gasteiger partial charge in [0, 0.05) is 12.1 Å². The fourth-order valence-corrected chi connectivity index (χ4v) is 3.71. The fraction of sp³-hybridized carbons (Fsp3) is 0.348. The molecular formula is C23H26N4O3. The van der Waals surface area contributed by atoms with Gasteiger partial charge in [-0.3, -0.25) is 9.69 Å². The first-order valence-corrected chi connectivity index (χ1v) is 10.4. The molecule has 0 spiro atoms. The standard InChI is InChI=1S/C23H26N4O3/c1-2-29-20-13-7-6-12-19(20)24-23(28)18-11-8-14-27(15-18)16-21-25-22(26-30-21)17-9-4-3-5-10-17/h3-7,9-10,12-13,18H,2,8,11,14-16H2,1H3,(H,24,28). The van der Waals surface area contributed by atoms with E-state index in [1.54, 1.807) is 0 Å². The molecule has 1 unspecified atom stereocenters. The van der Waals surface area contributed by atoms with Gasteiger partial charge < -0.3 is 14.6 Å². The van der Waals surface area contributed by atoms with Crippen molar-refractivity contribution in [3.8, 4) is 17.1 Å². The van der Waals surface area contributed by atoms with Gasteiger partial charge in [-0.1, -0.05) is 47.6 Å². The summed E-state index contributed by atoms with van der Waals surface area (Å²) < 4.78 is 11.0. The van der Waals surface area contributed by atoms with Crippen LogP contribution >= 0.6 is 0 Å². The van der Waals surface area contributed by atoms with Gasteiger partial charge in [0.25, 0.3) is 0 Å². The lowest BCUT2D eigenvalue weighted by molar-refractivity contribution is -0.121. The molecule has 2 heterocycles. The van der Waals surface area contributed by atoms with Crippen LogP contribution < -0.4 is 10.1 Å². The monoisotopic (exact) mass is 406 g/mol. The maximum Gasteiger partial charge on any atom is 0.241 e. The molecule has 7 nitrogen and oxygen atoms in total. The van der Waals surface area contributed by atoms with Crippen LogP contribution in [0.1, 0.15) is 25.7 Å². The summed E-state index contributed by atoms with van der Waals surface area (Å²) in [5, 5.41) is 7.12. The van der Waals surface area contributed by atoms with Gasteiger partial charge in [-0.15, -0.1) is 0 Å². The lowest BCUT2D eigenvalue weighted by Crippen LogP contribution is -2.40. The largest absolute Gasteiger partial charge is 0.492 e. The van der Waals surface area contributed by atoms with Gasteiger partial charge in [0.05, 0.1) is 24.8 Å². The second-order valence-corrected chi connectivity index (χ2v) is 7.37. The second kappa shape index (κ2) is 9.54. The van der Waals surface area contributed by atoms with Crippen LogP contribution in [0.3, 0.4) is 0 Å². The summed E-state index contributed by atoms with van der Waals surface area (Å²) in [5.74, 6) is 1.77. The summed E-state index contributed by atoms with van der Waals surface area (Å²) >= 11 is 0. The molecular weight excluding hydrogens is 380 g/mol. The number of hydrogen-bond acceptors (Lipinski definition) is 6. The van der Waals surface area contributed by atoms with Gasteiger partial charge in [-0.25, -0.2) is 0 Å². The number of hydrogen-bond donors (Lipinski definition) is 1. The molecule has 3 aromatic rings. The summed E-state index contributed by atoms with van der Waals surface area (Å²) in [6, 6.07) is 17.3. The molecule has 2 aromatic carbocycles. The summed E-state index contributed by atoms with van der Waals surface area (Å²) in [7, 11) is 0. The smallest absolute Gasteiger partial charge is 0.241 e. The number of aromatic nitrogens is 2. The predicted molar refractivity (Wildman–Crippen MR) is 114 cm³/mol. The number of benzene rings is 2. The Hall–Kier alpha value is -3.19. The van der Waals surface area contributed by atoms with E-state index in [9.17, 15) is 4.79 Å². The highest BCUT2D eigenvalue weighted by atomic mass is 16.5. The lowest BCUT2D eigenvalue weighted by atomic mass is 9.97. The number of likely N-dealkylation sites (tertiary alicyclic amines) is 1. The van der Waals surface area contributed by atoms with Gasteiger partial charge in [0.15, 0.2) is 0 Å². The third kappa shape index (κ3) is 4.86. The molecule has 7 heteroatoms. The number of para-hydroxylation sites is 2. The van der Waals surface area contributed by atoms with E-state index in [0.717, 1.165) is 24.9 Å². The average Bonchev–Trinajstić information content (AvgIpc) is 3.24. The van der Waals surface area contributed by atoms with Crippen molar-refractivity contribution in [2.45, 2.75) is 26.3 Å². The molecule has 0 radical (unpaired) electrons. The molecule has 1 amide bonds. The molecule has 1 aliphatic rings. The van der Waals surface area contributed by atoms with Crippen LogP contribution in [0.25, 0.3) is 11.4 Å². The van der Waals surface area contributed by atoms with Crippen molar-refractivity contribution in [2.24, 2.45) is 5.92 Å². The van der Waals surface area contributed by atoms with Crippen molar-refractivity contribution in [3.63, 3.8) is 0 Å². The highest BCUT2D eigenvalue weighted by Crippen LogP contribution is 2.26. The highest BCUT2D eigenvalue weighted by molar-refractivity contribution is 5.94. The van der Waals surface area contributed by atoms with Crippen LogP contribution in [-0.2, 0) is 11.3 Å². The normalized spacial score (nSPS) is 16.9. The van der Waals surface area contributed by atoms with Gasteiger partial charge in [-0.2, -0.15) is 4.98 Å². The van der Waals surface area contributed by atoms with Crippen molar-refractivity contribution in [2.75, 3.05) is 25.0 Å². The van der Waals surface area contributed by atoms with Crippen molar-refractivity contribution in [1.82, 2.24) is 15.0 Å². The molecule has 156 valence electrons. The second-order valence-electron chi connectivity index (χ2n) is 7.37. The van der Waals surface area contributed by atoms with Crippen molar-refractivity contribution in [3.05, 3.63) is 60.5 Å². The lowest BCUT2D eigenvalue weighted by Gasteiger charge is -2.31. The van der Waals surface area contributed by atoms with Gasteiger partial charge >= 0.3 is 0 Å². The van der Waals surface area contributed by atoms with E-state index in [-0.39, 0.29) is 11.8 Å². The first-order valence-electron chi connectivity index (χ1n) is 10.4. The van der Waals surface area contributed by atoms with Crippen molar-refractivity contribution in [1.29, 1.82) is 0 Å². The predicted octanol–water partition coefficient (Wildman–Crippen LogP) is 3.99. The minimum absolute atomic E-state index is 0.0161. The fourth-order valence-electron chi connectivity index (χ4n) is 3.71. The number of carbonyl (C=O) groups excluding carboxylic acids is 1. The van der Waals surface area contributed by atoms with E-state index >= 15 is 0 Å². The Morgan fingerprint density at radius 2 is 2.00 bits per heavy atom. The maximum atomic E-state index is 12.9. The van der Waals surface area contributed by atoms with Crippen LogP contribution in [0, 0.1) is 5.92 Å². The number of carbonyl (C=O) groups is 1. The number of rotatable bonds is 7. The summed E-state index contributed by atoms with van der Waals surface area (Å²) in [4.78, 5) is 19.6. The molecule has 1 fully saturated rings. The van der Waals surface area contributed by atoms with Crippen LogP contribution in [-0.4, -0.2) is 40.6 Å². The topological polar surface area (TPSA) is 80.5 Å². The number of ether oxygens (including phenoxy) is 1. The van der Waals surface area contributed by atoms with E-state index < -0.39 is 0 Å². The van der Waals surface area contributed by atoms with E-state index in [4.69, 9.17) is 9.26 Å². The van der Waals surface area contributed by atoms with Crippen LogP contribution in [0.15, 0.2) is 59.1 Å². The zero-order valence-electron chi connectivity index (χ0n) is 17.1. The van der Waals surface area contributed by atoms with E-state index in [2.05, 4.69) is 20.4 Å². The SMILES string of the molecule is CCOc1ccccc1NC(=O)C1CCCN(Cc2nc(-c3ccccc3)no2)C1. The van der Waals surface area contributed by atoms with E-state index in [0.29, 0.717) is 42.8 Å². The Morgan fingerprint density at radius 1 is 1.20 bits per heavy atom. The maximum absolute atomic E-state index is 12.9. The van der Waals surface area contributed by atoms with Crippen molar-refractivity contribution >= 4 is 11.6 Å². The zero-order chi connectivity index (χ0) is 20.8. The Labute approximate surface area is 176 Å². The molecule has 1 aliphatic heterocycles. The molecule has 1 atom stereocenters. The Balaban J connectivity index is 1.37. The zero-order valence-corrected chi connectivity index (χ0v) is 17.1. The molecule has 0 aliphatic carbocycles. The first kappa shape index (κ1) is 20.1.